The van der Waals surface area contributed by atoms with Crippen LogP contribution in [0.1, 0.15) is 41.1 Å². The Balaban J connectivity index is 1.99. The van der Waals surface area contributed by atoms with Crippen LogP contribution in [0.15, 0.2) is 30.3 Å². The predicted molar refractivity (Wildman–Crippen MR) is 82.2 cm³/mol. The zero-order valence-electron chi connectivity index (χ0n) is 12.4. The topological polar surface area (TPSA) is 64.2 Å². The van der Waals surface area contributed by atoms with E-state index in [1.165, 1.54) is 0 Å². The predicted octanol–water partition coefficient (Wildman–Crippen LogP) is 2.03. The molecule has 0 fully saturated rings. The number of carbonyl (C=O) groups is 1. The maximum Gasteiger partial charge on any atom is 0.276 e. The Morgan fingerprint density at radius 3 is 2.90 bits per heavy atom. The van der Waals surface area contributed by atoms with Crippen molar-refractivity contribution in [1.29, 1.82) is 0 Å². The highest BCUT2D eigenvalue weighted by atomic mass is 16.2. The van der Waals surface area contributed by atoms with Crippen molar-refractivity contribution in [2.75, 3.05) is 11.4 Å². The molecular weight excluding hydrogens is 264 g/mol. The van der Waals surface area contributed by atoms with Crippen LogP contribution < -0.4 is 10.6 Å². The summed E-state index contributed by atoms with van der Waals surface area (Å²) in [5, 5.41) is 4.36. The van der Waals surface area contributed by atoms with Crippen LogP contribution in [0.4, 0.5) is 5.69 Å². The third-order valence-electron chi connectivity index (χ3n) is 4.05. The van der Waals surface area contributed by atoms with E-state index in [0.29, 0.717) is 12.2 Å². The Hall–Kier alpha value is -2.14. The largest absolute Gasteiger partial charge is 0.324 e. The molecule has 1 aliphatic heterocycles. The Labute approximate surface area is 124 Å². The Morgan fingerprint density at radius 2 is 2.19 bits per heavy atom. The molecule has 2 heterocycles. The second-order valence-electron chi connectivity index (χ2n) is 5.41. The molecule has 1 amide bonds. The molecule has 0 saturated heterocycles. The minimum Gasteiger partial charge on any atom is -0.324 e. The average Bonchev–Trinajstić information content (AvgIpc) is 2.88. The lowest BCUT2D eigenvalue weighted by atomic mass is 9.97. The summed E-state index contributed by atoms with van der Waals surface area (Å²) in [5.41, 5.74) is 9.66. The number of para-hydroxylation sites is 1. The first-order chi connectivity index (χ1) is 10.1. The SMILES string of the molecule is CCc1cc(C(=O)N2CCC(N)c3ccccc32)n(C)n1. The van der Waals surface area contributed by atoms with E-state index in [4.69, 9.17) is 5.73 Å². The first-order valence-corrected chi connectivity index (χ1v) is 7.31. The van der Waals surface area contributed by atoms with Gasteiger partial charge in [-0.05, 0) is 30.5 Å². The maximum absolute atomic E-state index is 12.8. The third kappa shape index (κ3) is 2.34. The quantitative estimate of drug-likeness (QED) is 0.917. The van der Waals surface area contributed by atoms with Gasteiger partial charge in [0.1, 0.15) is 5.69 Å². The van der Waals surface area contributed by atoms with Gasteiger partial charge in [0.15, 0.2) is 0 Å². The molecule has 5 nitrogen and oxygen atoms in total. The van der Waals surface area contributed by atoms with E-state index >= 15 is 0 Å². The fourth-order valence-electron chi connectivity index (χ4n) is 2.84. The van der Waals surface area contributed by atoms with E-state index in [1.807, 2.05) is 49.2 Å². The van der Waals surface area contributed by atoms with Crippen LogP contribution in [0.2, 0.25) is 0 Å². The van der Waals surface area contributed by atoms with Gasteiger partial charge in [-0.3, -0.25) is 9.48 Å². The van der Waals surface area contributed by atoms with Crippen molar-refractivity contribution in [3.63, 3.8) is 0 Å². The van der Waals surface area contributed by atoms with E-state index in [1.54, 1.807) is 4.68 Å². The standard InChI is InChI=1S/C16H20N4O/c1-3-11-10-15(19(2)18-11)16(21)20-9-8-13(17)12-6-4-5-7-14(12)20/h4-7,10,13H,3,8-9,17H2,1-2H3. The van der Waals surface area contributed by atoms with Gasteiger partial charge < -0.3 is 10.6 Å². The molecule has 1 aromatic heterocycles. The molecule has 2 N–H and O–H groups in total. The van der Waals surface area contributed by atoms with Crippen molar-refractivity contribution >= 4 is 11.6 Å². The molecular formula is C16H20N4O. The van der Waals surface area contributed by atoms with Gasteiger partial charge in [-0.2, -0.15) is 5.10 Å². The molecule has 3 rings (SSSR count). The molecule has 0 spiro atoms. The number of fused-ring (bicyclic) bond motifs is 1. The lowest BCUT2D eigenvalue weighted by molar-refractivity contribution is 0.0975. The number of nitrogens with two attached hydrogens (primary N) is 1. The zero-order valence-corrected chi connectivity index (χ0v) is 12.4. The van der Waals surface area contributed by atoms with Crippen LogP contribution in [-0.2, 0) is 13.5 Å². The van der Waals surface area contributed by atoms with Crippen LogP contribution in [0.5, 0.6) is 0 Å². The van der Waals surface area contributed by atoms with Crippen molar-refractivity contribution in [3.8, 4) is 0 Å². The van der Waals surface area contributed by atoms with Crippen molar-refractivity contribution in [3.05, 3.63) is 47.3 Å². The molecule has 1 aromatic carbocycles. The van der Waals surface area contributed by atoms with Crippen molar-refractivity contribution in [2.45, 2.75) is 25.8 Å². The Morgan fingerprint density at radius 1 is 1.43 bits per heavy atom. The number of aryl methyl sites for hydroxylation is 2. The number of anilines is 1. The highest BCUT2D eigenvalue weighted by molar-refractivity contribution is 6.05. The molecule has 5 heteroatoms. The van der Waals surface area contributed by atoms with Crippen LogP contribution >= 0.6 is 0 Å². The van der Waals surface area contributed by atoms with E-state index in [9.17, 15) is 4.79 Å². The molecule has 0 bridgehead atoms. The molecule has 1 unspecified atom stereocenters. The Bertz CT molecular complexity index is 677. The lowest BCUT2D eigenvalue weighted by Crippen LogP contribution is -2.39. The van der Waals surface area contributed by atoms with Gasteiger partial charge in [-0.15, -0.1) is 0 Å². The second kappa shape index (κ2) is 5.33. The first kappa shape index (κ1) is 13.8. The monoisotopic (exact) mass is 284 g/mol. The highest BCUT2D eigenvalue weighted by Crippen LogP contribution is 2.33. The van der Waals surface area contributed by atoms with Crippen LogP contribution in [0.3, 0.4) is 0 Å². The summed E-state index contributed by atoms with van der Waals surface area (Å²) in [5.74, 6) is -0.0101. The molecule has 0 radical (unpaired) electrons. The summed E-state index contributed by atoms with van der Waals surface area (Å²) >= 11 is 0. The van der Waals surface area contributed by atoms with Gasteiger partial charge >= 0.3 is 0 Å². The zero-order chi connectivity index (χ0) is 15.0. The van der Waals surface area contributed by atoms with Crippen molar-refractivity contribution < 1.29 is 4.79 Å². The van der Waals surface area contributed by atoms with E-state index in [2.05, 4.69) is 5.10 Å². The molecule has 1 aliphatic rings. The number of nitrogens with zero attached hydrogens (tertiary/aromatic N) is 3. The molecule has 110 valence electrons. The lowest BCUT2D eigenvalue weighted by Gasteiger charge is -2.32. The van der Waals surface area contributed by atoms with E-state index in [-0.39, 0.29) is 11.9 Å². The number of carbonyl (C=O) groups excluding carboxylic acids is 1. The fourth-order valence-corrected chi connectivity index (χ4v) is 2.84. The van der Waals surface area contributed by atoms with Gasteiger partial charge in [0.2, 0.25) is 0 Å². The minimum absolute atomic E-state index is 0.00277. The van der Waals surface area contributed by atoms with Gasteiger partial charge in [-0.1, -0.05) is 25.1 Å². The normalized spacial score (nSPS) is 17.7. The summed E-state index contributed by atoms with van der Waals surface area (Å²) in [6.07, 6.45) is 1.60. The molecule has 21 heavy (non-hydrogen) atoms. The summed E-state index contributed by atoms with van der Waals surface area (Å²) in [6.45, 7) is 2.68. The second-order valence-corrected chi connectivity index (χ2v) is 5.41. The number of hydrogen-bond acceptors (Lipinski definition) is 3. The fraction of sp³-hybridized carbons (Fsp3) is 0.375. The summed E-state index contributed by atoms with van der Waals surface area (Å²) in [6, 6.07) is 9.75. The maximum atomic E-state index is 12.8. The summed E-state index contributed by atoms with van der Waals surface area (Å²) < 4.78 is 1.66. The van der Waals surface area contributed by atoms with Crippen LogP contribution in [0, 0.1) is 0 Å². The number of aromatic nitrogens is 2. The minimum atomic E-state index is -0.0101. The average molecular weight is 284 g/mol. The van der Waals surface area contributed by atoms with Crippen LogP contribution in [-0.4, -0.2) is 22.2 Å². The number of amides is 1. The van der Waals surface area contributed by atoms with Crippen molar-refractivity contribution in [2.24, 2.45) is 12.8 Å². The van der Waals surface area contributed by atoms with Crippen LogP contribution in [0.25, 0.3) is 0 Å². The summed E-state index contributed by atoms with van der Waals surface area (Å²) in [7, 11) is 1.81. The molecule has 2 aromatic rings. The van der Waals surface area contributed by atoms with Gasteiger partial charge in [0, 0.05) is 25.3 Å². The van der Waals surface area contributed by atoms with E-state index < -0.39 is 0 Å². The molecule has 1 atom stereocenters. The molecule has 0 aliphatic carbocycles. The Kier molecular flexibility index (Phi) is 3.51. The third-order valence-corrected chi connectivity index (χ3v) is 4.05. The number of rotatable bonds is 2. The van der Waals surface area contributed by atoms with Gasteiger partial charge in [0.05, 0.1) is 5.69 Å². The first-order valence-electron chi connectivity index (χ1n) is 7.31. The van der Waals surface area contributed by atoms with E-state index in [0.717, 1.165) is 29.8 Å². The number of benzene rings is 1. The smallest absolute Gasteiger partial charge is 0.276 e. The molecule has 0 saturated carbocycles. The van der Waals surface area contributed by atoms with Gasteiger partial charge in [-0.25, -0.2) is 0 Å². The number of hydrogen-bond donors (Lipinski definition) is 1. The summed E-state index contributed by atoms with van der Waals surface area (Å²) in [4.78, 5) is 14.7. The van der Waals surface area contributed by atoms with Crippen molar-refractivity contribution in [1.82, 2.24) is 9.78 Å². The van der Waals surface area contributed by atoms with Gasteiger partial charge in [0.25, 0.3) is 5.91 Å². The highest BCUT2D eigenvalue weighted by Gasteiger charge is 2.28.